The molecule has 0 bridgehead atoms. The van der Waals surface area contributed by atoms with Crippen LogP contribution in [0.4, 0.5) is 10.8 Å². The standard InChI is InChI=1S/C16H14N6OS2/c1-10-3-4-12(15-14(10)11(7-18)8-19-15)21-25(23)13-9-20-16(24-13)22(2)6-5-17/h3-4,8-9,19,21H,6H2,1-2H3. The monoisotopic (exact) mass is 370 g/mol. The summed E-state index contributed by atoms with van der Waals surface area (Å²) < 4.78 is 16.1. The SMILES string of the molecule is Cc1ccc(NS(=O)c2cnc(N(C)CC#N)s2)c2[nH]cc(C#N)c12. The maximum absolute atomic E-state index is 12.6. The predicted octanol–water partition coefficient (Wildman–Crippen LogP) is 2.90. The Kier molecular flexibility index (Phi) is 4.70. The number of aromatic nitrogens is 2. The summed E-state index contributed by atoms with van der Waals surface area (Å²) in [5.41, 5.74) is 2.93. The lowest BCUT2D eigenvalue weighted by Gasteiger charge is -2.09. The van der Waals surface area contributed by atoms with Gasteiger partial charge in [-0.3, -0.25) is 4.72 Å². The molecule has 2 N–H and O–H groups in total. The van der Waals surface area contributed by atoms with E-state index in [4.69, 9.17) is 5.26 Å². The van der Waals surface area contributed by atoms with Gasteiger partial charge in [0, 0.05) is 18.6 Å². The van der Waals surface area contributed by atoms with Crippen molar-refractivity contribution in [3.63, 3.8) is 0 Å². The number of nitrogens with zero attached hydrogens (tertiary/aromatic N) is 4. The summed E-state index contributed by atoms with van der Waals surface area (Å²) in [5.74, 6) is 0. The first-order valence-electron chi connectivity index (χ1n) is 7.28. The van der Waals surface area contributed by atoms with E-state index in [2.05, 4.69) is 20.8 Å². The Balaban J connectivity index is 1.88. The lowest BCUT2D eigenvalue weighted by molar-refractivity contribution is 0.687. The van der Waals surface area contributed by atoms with Crippen molar-refractivity contribution in [2.75, 3.05) is 23.2 Å². The van der Waals surface area contributed by atoms with Gasteiger partial charge in [0.15, 0.2) is 16.1 Å². The zero-order valence-electron chi connectivity index (χ0n) is 13.5. The summed E-state index contributed by atoms with van der Waals surface area (Å²) in [7, 11) is 0.262. The number of hydrogen-bond acceptors (Lipinski definition) is 6. The number of aryl methyl sites for hydroxylation is 1. The van der Waals surface area contributed by atoms with Crippen LogP contribution in [0.15, 0.2) is 28.7 Å². The molecular weight excluding hydrogens is 356 g/mol. The van der Waals surface area contributed by atoms with Gasteiger partial charge in [0.25, 0.3) is 0 Å². The van der Waals surface area contributed by atoms with E-state index < -0.39 is 11.0 Å². The summed E-state index contributed by atoms with van der Waals surface area (Å²) in [5, 5.41) is 19.4. The highest BCUT2D eigenvalue weighted by molar-refractivity contribution is 7.88. The number of rotatable bonds is 5. The van der Waals surface area contributed by atoms with Crippen molar-refractivity contribution in [1.29, 1.82) is 10.5 Å². The second kappa shape index (κ2) is 6.93. The minimum atomic E-state index is -1.50. The van der Waals surface area contributed by atoms with Crippen LogP contribution in [-0.2, 0) is 11.0 Å². The van der Waals surface area contributed by atoms with Crippen molar-refractivity contribution in [3.8, 4) is 12.1 Å². The lowest BCUT2D eigenvalue weighted by atomic mass is 10.1. The lowest BCUT2D eigenvalue weighted by Crippen LogP contribution is -2.16. The summed E-state index contributed by atoms with van der Waals surface area (Å²) >= 11 is 1.27. The van der Waals surface area contributed by atoms with Gasteiger partial charge >= 0.3 is 0 Å². The van der Waals surface area contributed by atoms with Crippen LogP contribution in [0.3, 0.4) is 0 Å². The zero-order chi connectivity index (χ0) is 18.0. The first-order chi connectivity index (χ1) is 12.0. The molecule has 2 heterocycles. The van der Waals surface area contributed by atoms with Crippen LogP contribution in [0.25, 0.3) is 10.9 Å². The Labute approximate surface area is 151 Å². The summed E-state index contributed by atoms with van der Waals surface area (Å²) in [6.07, 6.45) is 3.19. The summed E-state index contributed by atoms with van der Waals surface area (Å²) in [4.78, 5) is 8.96. The molecule has 0 spiro atoms. The number of benzene rings is 1. The van der Waals surface area contributed by atoms with Crippen molar-refractivity contribution in [2.24, 2.45) is 0 Å². The molecule has 0 aliphatic rings. The van der Waals surface area contributed by atoms with Crippen LogP contribution in [0, 0.1) is 29.6 Å². The van der Waals surface area contributed by atoms with E-state index in [1.807, 2.05) is 25.1 Å². The molecule has 0 saturated carbocycles. The van der Waals surface area contributed by atoms with Crippen molar-refractivity contribution >= 4 is 44.0 Å². The van der Waals surface area contributed by atoms with Crippen LogP contribution in [0.1, 0.15) is 11.1 Å². The van der Waals surface area contributed by atoms with Gasteiger partial charge in [-0.1, -0.05) is 17.4 Å². The van der Waals surface area contributed by atoms with E-state index in [1.165, 1.54) is 17.5 Å². The van der Waals surface area contributed by atoms with E-state index in [9.17, 15) is 9.47 Å². The van der Waals surface area contributed by atoms with Gasteiger partial charge in [0.05, 0.1) is 29.0 Å². The zero-order valence-corrected chi connectivity index (χ0v) is 15.2. The number of fused-ring (bicyclic) bond motifs is 1. The molecule has 0 fully saturated rings. The summed E-state index contributed by atoms with van der Waals surface area (Å²) in [6, 6.07) is 7.92. The van der Waals surface area contributed by atoms with E-state index >= 15 is 0 Å². The molecule has 9 heteroatoms. The van der Waals surface area contributed by atoms with E-state index in [0.717, 1.165) is 16.5 Å². The Hall–Kier alpha value is -2.88. The average Bonchev–Trinajstić information content (AvgIpc) is 3.24. The van der Waals surface area contributed by atoms with Crippen LogP contribution < -0.4 is 9.62 Å². The average molecular weight is 370 g/mol. The number of thiazole rings is 1. The fourth-order valence-corrected chi connectivity index (χ4v) is 4.31. The van der Waals surface area contributed by atoms with E-state index in [1.54, 1.807) is 18.1 Å². The smallest absolute Gasteiger partial charge is 0.187 e. The maximum Gasteiger partial charge on any atom is 0.187 e. The molecule has 1 aromatic carbocycles. The van der Waals surface area contributed by atoms with Crippen molar-refractivity contribution in [3.05, 3.63) is 35.7 Å². The highest BCUT2D eigenvalue weighted by Gasteiger charge is 2.15. The number of H-pyrrole nitrogens is 1. The predicted molar refractivity (Wildman–Crippen MR) is 98.8 cm³/mol. The Morgan fingerprint density at radius 3 is 2.96 bits per heavy atom. The highest BCUT2D eigenvalue weighted by atomic mass is 32.2. The van der Waals surface area contributed by atoms with Crippen LogP contribution >= 0.6 is 11.3 Å². The van der Waals surface area contributed by atoms with Crippen LogP contribution in [0.5, 0.6) is 0 Å². The fourth-order valence-electron chi connectivity index (χ4n) is 2.43. The summed E-state index contributed by atoms with van der Waals surface area (Å²) in [6.45, 7) is 2.14. The molecule has 0 aliphatic heterocycles. The quantitative estimate of drug-likeness (QED) is 0.671. The molecule has 0 aliphatic carbocycles. The number of nitriles is 2. The highest BCUT2D eigenvalue weighted by Crippen LogP contribution is 2.30. The molecule has 25 heavy (non-hydrogen) atoms. The van der Waals surface area contributed by atoms with Gasteiger partial charge in [-0.25, -0.2) is 9.19 Å². The minimum absolute atomic E-state index is 0.213. The first-order valence-corrected chi connectivity index (χ1v) is 9.25. The topological polar surface area (TPSA) is 109 Å². The third-order valence-corrected chi connectivity index (χ3v) is 6.14. The van der Waals surface area contributed by atoms with Crippen molar-refractivity contribution in [1.82, 2.24) is 9.97 Å². The molecule has 0 saturated heterocycles. The second-order valence-corrected chi connectivity index (χ2v) is 7.79. The molecule has 1 atom stereocenters. The van der Waals surface area contributed by atoms with Crippen LogP contribution in [0.2, 0.25) is 0 Å². The third-order valence-electron chi connectivity index (χ3n) is 3.66. The molecule has 0 amide bonds. The third kappa shape index (κ3) is 3.20. The van der Waals surface area contributed by atoms with Gasteiger partial charge in [-0.15, -0.1) is 0 Å². The normalized spacial score (nSPS) is 11.7. The molecule has 3 aromatic rings. The van der Waals surface area contributed by atoms with Gasteiger partial charge in [-0.2, -0.15) is 10.5 Å². The number of nitrogens with one attached hydrogen (secondary N) is 2. The second-order valence-electron chi connectivity index (χ2n) is 5.34. The Bertz CT molecular complexity index is 1040. The molecule has 126 valence electrons. The van der Waals surface area contributed by atoms with Gasteiger partial charge in [0.1, 0.15) is 16.8 Å². The molecule has 3 rings (SSSR count). The number of hydrogen-bond donors (Lipinski definition) is 2. The van der Waals surface area contributed by atoms with E-state index in [0.29, 0.717) is 20.6 Å². The molecule has 2 aromatic heterocycles. The number of aromatic amines is 1. The van der Waals surface area contributed by atoms with Crippen molar-refractivity contribution in [2.45, 2.75) is 11.1 Å². The Morgan fingerprint density at radius 2 is 2.24 bits per heavy atom. The molecular formula is C16H14N6OS2. The molecule has 0 radical (unpaired) electrons. The Morgan fingerprint density at radius 1 is 1.44 bits per heavy atom. The largest absolute Gasteiger partial charge is 0.358 e. The van der Waals surface area contributed by atoms with Gasteiger partial charge in [0.2, 0.25) is 0 Å². The number of anilines is 2. The van der Waals surface area contributed by atoms with Gasteiger partial charge in [-0.05, 0) is 18.6 Å². The minimum Gasteiger partial charge on any atom is -0.358 e. The maximum atomic E-state index is 12.6. The fraction of sp³-hybridized carbons (Fsp3) is 0.188. The molecule has 7 nitrogen and oxygen atoms in total. The van der Waals surface area contributed by atoms with Gasteiger partial charge < -0.3 is 9.88 Å². The van der Waals surface area contributed by atoms with Crippen LogP contribution in [-0.4, -0.2) is 27.8 Å². The van der Waals surface area contributed by atoms with E-state index in [-0.39, 0.29) is 6.54 Å². The van der Waals surface area contributed by atoms with Crippen molar-refractivity contribution < 1.29 is 4.21 Å². The molecule has 1 unspecified atom stereocenters. The first kappa shape index (κ1) is 17.0.